The van der Waals surface area contributed by atoms with Crippen LogP contribution in [0.2, 0.25) is 0 Å². The van der Waals surface area contributed by atoms with Crippen LogP contribution in [0.4, 0.5) is 0 Å². The molecule has 5 aromatic rings. The maximum absolute atomic E-state index is 13.1. The van der Waals surface area contributed by atoms with Crippen LogP contribution in [0.3, 0.4) is 0 Å². The summed E-state index contributed by atoms with van der Waals surface area (Å²) < 4.78 is 1.21. The van der Waals surface area contributed by atoms with E-state index < -0.39 is 24.0 Å². The fourth-order valence-corrected chi connectivity index (χ4v) is 6.44. The Morgan fingerprint density at radius 3 is 2.21 bits per heavy atom. The van der Waals surface area contributed by atoms with Crippen molar-refractivity contribution in [2.24, 2.45) is 0 Å². The highest BCUT2D eigenvalue weighted by Crippen LogP contribution is 2.33. The molecule has 0 saturated heterocycles. The van der Waals surface area contributed by atoms with E-state index in [9.17, 15) is 19.5 Å². The second-order valence-corrected chi connectivity index (χ2v) is 13.5. The molecule has 220 valence electrons. The van der Waals surface area contributed by atoms with E-state index in [2.05, 4.69) is 59.6 Å². The first-order valence-corrected chi connectivity index (χ1v) is 15.5. The number of carbonyl (C=O) groups excluding carboxylic acids is 2. The van der Waals surface area contributed by atoms with Crippen LogP contribution in [0.25, 0.3) is 31.9 Å². The number of amides is 2. The van der Waals surface area contributed by atoms with E-state index in [0.29, 0.717) is 10.7 Å². The minimum absolute atomic E-state index is 0.110. The van der Waals surface area contributed by atoms with Crippen LogP contribution in [0, 0.1) is 0 Å². The van der Waals surface area contributed by atoms with Gasteiger partial charge in [0.1, 0.15) is 12.1 Å². The lowest BCUT2D eigenvalue weighted by molar-refractivity contribution is -0.141. The van der Waals surface area contributed by atoms with Crippen molar-refractivity contribution in [3.05, 3.63) is 94.4 Å². The molecule has 3 heterocycles. The minimum atomic E-state index is -1.16. The number of thiophene rings is 2. The Morgan fingerprint density at radius 2 is 1.58 bits per heavy atom. The first-order chi connectivity index (χ1) is 20.5. The summed E-state index contributed by atoms with van der Waals surface area (Å²) in [6.45, 7) is 7.59. The Labute approximate surface area is 257 Å². The summed E-state index contributed by atoms with van der Waals surface area (Å²) in [6.07, 6.45) is 3.81. The van der Waals surface area contributed by atoms with Crippen molar-refractivity contribution in [2.75, 3.05) is 0 Å². The minimum Gasteiger partial charge on any atom is -0.480 e. The lowest BCUT2D eigenvalue weighted by atomic mass is 9.95. The number of fused-ring (bicyclic) bond motifs is 1. The Hall–Kier alpha value is -4.41. The van der Waals surface area contributed by atoms with Gasteiger partial charge in [0.05, 0.1) is 4.88 Å². The molecule has 0 unspecified atom stereocenters. The molecule has 2 atom stereocenters. The van der Waals surface area contributed by atoms with Crippen LogP contribution in [0.15, 0.2) is 79.1 Å². The van der Waals surface area contributed by atoms with E-state index in [0.717, 1.165) is 26.4 Å². The van der Waals surface area contributed by atoms with Crippen LogP contribution in [0.1, 0.15) is 47.8 Å². The third-order valence-corrected chi connectivity index (χ3v) is 9.61. The quantitative estimate of drug-likeness (QED) is 0.179. The molecule has 0 aliphatic heterocycles. The number of hydrogen-bond donors (Lipinski definition) is 3. The molecule has 10 heteroatoms. The average molecular weight is 613 g/mol. The highest BCUT2D eigenvalue weighted by Gasteiger charge is 2.26. The van der Waals surface area contributed by atoms with Crippen LogP contribution in [0.5, 0.6) is 0 Å². The molecule has 0 bridgehead atoms. The van der Waals surface area contributed by atoms with E-state index in [1.54, 1.807) is 17.4 Å². The summed E-state index contributed by atoms with van der Waals surface area (Å²) in [5.41, 5.74) is 2.43. The standard InChI is InChI=1S/C33H32N4O4S2/c1-19(32(40)41)36-30(38)24(37-31(39)26-13-14-28(43-26)33(2,3)4)15-20-9-11-21(12-10-20)29-34-17-23(18-35-29)27-16-22-7-5-6-8-25(22)42-27/h5-14,16-19,24H,15H2,1-4H3,(H,36,38)(H,37,39)(H,40,41)/t19-,24+/m1/s1. The summed E-state index contributed by atoms with van der Waals surface area (Å²) in [6, 6.07) is 19.4. The van der Waals surface area contributed by atoms with Crippen molar-refractivity contribution in [1.29, 1.82) is 0 Å². The summed E-state index contributed by atoms with van der Waals surface area (Å²) in [7, 11) is 0. The molecule has 5 rings (SSSR count). The zero-order valence-electron chi connectivity index (χ0n) is 24.3. The third kappa shape index (κ3) is 7.15. The number of nitrogens with one attached hydrogen (secondary N) is 2. The zero-order valence-corrected chi connectivity index (χ0v) is 25.9. The van der Waals surface area contributed by atoms with Gasteiger partial charge in [-0.1, -0.05) is 63.2 Å². The number of carboxylic acids is 1. The topological polar surface area (TPSA) is 121 Å². The molecule has 3 N–H and O–H groups in total. The fraction of sp³-hybridized carbons (Fsp3) is 0.242. The fourth-order valence-electron chi connectivity index (χ4n) is 4.43. The largest absolute Gasteiger partial charge is 0.480 e. The second kappa shape index (κ2) is 12.4. The van der Waals surface area contributed by atoms with E-state index in [-0.39, 0.29) is 17.7 Å². The van der Waals surface area contributed by atoms with E-state index in [4.69, 9.17) is 0 Å². The summed E-state index contributed by atoms with van der Waals surface area (Å²) in [4.78, 5) is 49.3. The molecule has 0 saturated carbocycles. The Kier molecular flexibility index (Phi) is 8.70. The summed E-state index contributed by atoms with van der Waals surface area (Å²) >= 11 is 3.07. The van der Waals surface area contributed by atoms with E-state index >= 15 is 0 Å². The molecule has 8 nitrogen and oxygen atoms in total. The van der Waals surface area contributed by atoms with Crippen molar-refractivity contribution < 1.29 is 19.5 Å². The number of rotatable bonds is 9. The van der Waals surface area contributed by atoms with Gasteiger partial charge in [0.25, 0.3) is 5.91 Å². The van der Waals surface area contributed by atoms with Gasteiger partial charge >= 0.3 is 5.97 Å². The van der Waals surface area contributed by atoms with Gasteiger partial charge in [0, 0.05) is 44.4 Å². The van der Waals surface area contributed by atoms with Crippen molar-refractivity contribution in [2.45, 2.75) is 51.6 Å². The molecule has 2 aromatic carbocycles. The molecule has 0 fully saturated rings. The molecule has 43 heavy (non-hydrogen) atoms. The predicted molar refractivity (Wildman–Crippen MR) is 172 cm³/mol. The van der Waals surface area contributed by atoms with Crippen LogP contribution in [-0.4, -0.2) is 44.9 Å². The number of nitrogens with zero attached hydrogens (tertiary/aromatic N) is 2. The van der Waals surface area contributed by atoms with Gasteiger partial charge in [0.2, 0.25) is 5.91 Å². The molecular weight excluding hydrogens is 581 g/mol. The monoisotopic (exact) mass is 612 g/mol. The summed E-state index contributed by atoms with van der Waals surface area (Å²) in [5, 5.41) is 15.8. The molecule has 0 radical (unpaired) electrons. The van der Waals surface area contributed by atoms with Gasteiger partial charge < -0.3 is 15.7 Å². The highest BCUT2D eigenvalue weighted by molar-refractivity contribution is 7.22. The highest BCUT2D eigenvalue weighted by atomic mass is 32.1. The van der Waals surface area contributed by atoms with Crippen LogP contribution < -0.4 is 10.6 Å². The van der Waals surface area contributed by atoms with Gasteiger partial charge in [-0.3, -0.25) is 14.4 Å². The molecule has 3 aromatic heterocycles. The number of aromatic nitrogens is 2. The lowest BCUT2D eigenvalue weighted by Crippen LogP contribution is -2.51. The number of hydrogen-bond acceptors (Lipinski definition) is 7. The van der Waals surface area contributed by atoms with Gasteiger partial charge in [0.15, 0.2) is 5.82 Å². The molecule has 0 spiro atoms. The van der Waals surface area contributed by atoms with Crippen molar-refractivity contribution >= 4 is 50.5 Å². The molecule has 0 aliphatic carbocycles. The first-order valence-electron chi connectivity index (χ1n) is 13.8. The van der Waals surface area contributed by atoms with E-state index in [1.165, 1.54) is 28.3 Å². The maximum Gasteiger partial charge on any atom is 0.325 e. The van der Waals surface area contributed by atoms with Gasteiger partial charge in [-0.05, 0) is 47.6 Å². The predicted octanol–water partition coefficient (Wildman–Crippen LogP) is 6.31. The van der Waals surface area contributed by atoms with Crippen molar-refractivity contribution in [3.8, 4) is 21.8 Å². The number of aliphatic carboxylic acids is 1. The molecular formula is C33H32N4O4S2. The van der Waals surface area contributed by atoms with Crippen molar-refractivity contribution in [3.63, 3.8) is 0 Å². The van der Waals surface area contributed by atoms with Crippen LogP contribution in [-0.2, 0) is 21.4 Å². The molecule has 2 amide bonds. The number of benzene rings is 2. The van der Waals surface area contributed by atoms with Gasteiger partial charge in [-0.15, -0.1) is 22.7 Å². The van der Waals surface area contributed by atoms with Gasteiger partial charge in [-0.2, -0.15) is 0 Å². The average Bonchev–Trinajstić information content (AvgIpc) is 3.65. The normalized spacial score (nSPS) is 12.9. The SMILES string of the molecule is C[C@@H](NC(=O)[C@H](Cc1ccc(-c2ncc(-c3cc4ccccc4s3)cn2)cc1)NC(=O)c1ccc(C(C)(C)C)s1)C(=O)O. The Morgan fingerprint density at radius 1 is 0.884 bits per heavy atom. The van der Waals surface area contributed by atoms with E-state index in [1.807, 2.05) is 54.9 Å². The van der Waals surface area contributed by atoms with Crippen molar-refractivity contribution in [1.82, 2.24) is 20.6 Å². The Bertz CT molecular complexity index is 1740. The lowest BCUT2D eigenvalue weighted by Gasteiger charge is -2.20. The maximum atomic E-state index is 13.1. The summed E-state index contributed by atoms with van der Waals surface area (Å²) in [5.74, 6) is -1.54. The third-order valence-electron chi connectivity index (χ3n) is 6.93. The zero-order chi connectivity index (χ0) is 30.7. The Balaban J connectivity index is 1.31. The second-order valence-electron chi connectivity index (χ2n) is 11.4. The number of carbonyl (C=O) groups is 3. The van der Waals surface area contributed by atoms with Gasteiger partial charge in [-0.25, -0.2) is 9.97 Å². The number of carboxylic acid groups (broad SMARTS) is 1. The molecule has 0 aliphatic rings. The first kappa shape index (κ1) is 30.1. The smallest absolute Gasteiger partial charge is 0.325 e. The van der Waals surface area contributed by atoms with Crippen LogP contribution >= 0.6 is 22.7 Å².